The highest BCUT2D eigenvalue weighted by molar-refractivity contribution is 5.76. The number of rotatable bonds is 5. The molecule has 1 heterocycles. The first-order valence-electron chi connectivity index (χ1n) is 7.85. The summed E-state index contributed by atoms with van der Waals surface area (Å²) in [6, 6.07) is 7.70. The molecule has 22 heavy (non-hydrogen) atoms. The summed E-state index contributed by atoms with van der Waals surface area (Å²) < 4.78 is 1.65. The number of carbonyl (C=O) groups excluding carboxylic acids is 1. The lowest BCUT2D eigenvalue weighted by atomic mass is 10.00. The average molecular weight is 302 g/mol. The lowest BCUT2D eigenvalue weighted by Gasteiger charge is -2.14. The number of H-pyrrole nitrogens is 1. The number of benzene rings is 1. The second-order valence-corrected chi connectivity index (χ2v) is 6.01. The Balaban J connectivity index is 1.55. The minimum atomic E-state index is -0.145. The Bertz CT molecular complexity index is 718. The maximum atomic E-state index is 12.0. The monoisotopic (exact) mass is 302 g/mol. The normalized spacial score (nSPS) is 21.3. The lowest BCUT2D eigenvalue weighted by molar-refractivity contribution is -0.122. The lowest BCUT2D eigenvalue weighted by Crippen LogP contribution is -2.34. The van der Waals surface area contributed by atoms with Crippen molar-refractivity contribution in [2.45, 2.75) is 38.3 Å². The standard InChI is InChI=1S/C16H22N4O2/c17-12-5-3-4-11(12)10-15(21)18-8-9-20-14-7-2-1-6-13(14)19-16(20)22/h1-2,6-7,11-12H,3-5,8-10,17H2,(H,18,21)(H,19,22)/t11-,12+/m0/s1. The number of amides is 1. The van der Waals surface area contributed by atoms with Crippen molar-refractivity contribution in [3.05, 3.63) is 34.7 Å². The van der Waals surface area contributed by atoms with E-state index < -0.39 is 0 Å². The van der Waals surface area contributed by atoms with Crippen LogP contribution in [0, 0.1) is 5.92 Å². The topological polar surface area (TPSA) is 92.9 Å². The Morgan fingerprint density at radius 1 is 1.36 bits per heavy atom. The van der Waals surface area contributed by atoms with E-state index in [9.17, 15) is 9.59 Å². The molecule has 0 saturated heterocycles. The average Bonchev–Trinajstić information content (AvgIpc) is 3.03. The predicted octanol–water partition coefficient (Wildman–Crippen LogP) is 0.963. The van der Waals surface area contributed by atoms with Crippen LogP contribution in [0.4, 0.5) is 0 Å². The molecule has 0 spiro atoms. The summed E-state index contributed by atoms with van der Waals surface area (Å²) >= 11 is 0. The highest BCUT2D eigenvalue weighted by Crippen LogP contribution is 2.26. The molecule has 2 atom stereocenters. The van der Waals surface area contributed by atoms with Crippen molar-refractivity contribution in [3.8, 4) is 0 Å². The third kappa shape index (κ3) is 3.06. The minimum absolute atomic E-state index is 0.0234. The van der Waals surface area contributed by atoms with Gasteiger partial charge in [-0.25, -0.2) is 4.79 Å². The van der Waals surface area contributed by atoms with Crippen molar-refractivity contribution in [1.82, 2.24) is 14.9 Å². The molecule has 1 saturated carbocycles. The molecule has 1 fully saturated rings. The number of hydrogen-bond donors (Lipinski definition) is 3. The zero-order valence-electron chi connectivity index (χ0n) is 12.5. The minimum Gasteiger partial charge on any atom is -0.354 e. The molecule has 1 amide bonds. The number of fused-ring (bicyclic) bond motifs is 1. The van der Waals surface area contributed by atoms with Crippen molar-refractivity contribution in [2.24, 2.45) is 11.7 Å². The summed E-state index contributed by atoms with van der Waals surface area (Å²) in [5, 5.41) is 2.89. The van der Waals surface area contributed by atoms with Gasteiger partial charge in [0.05, 0.1) is 11.0 Å². The van der Waals surface area contributed by atoms with E-state index in [0.29, 0.717) is 25.4 Å². The molecule has 118 valence electrons. The second kappa shape index (κ2) is 6.36. The van der Waals surface area contributed by atoms with Gasteiger partial charge in [-0.15, -0.1) is 0 Å². The smallest absolute Gasteiger partial charge is 0.326 e. The molecule has 0 bridgehead atoms. The van der Waals surface area contributed by atoms with Gasteiger partial charge in [0.15, 0.2) is 0 Å². The van der Waals surface area contributed by atoms with Gasteiger partial charge in [0.2, 0.25) is 5.91 Å². The first kappa shape index (κ1) is 14.8. The molecule has 6 heteroatoms. The Labute approximate surface area is 128 Å². The van der Waals surface area contributed by atoms with Crippen LogP contribution >= 0.6 is 0 Å². The van der Waals surface area contributed by atoms with Crippen LogP contribution in [0.1, 0.15) is 25.7 Å². The fraction of sp³-hybridized carbons (Fsp3) is 0.500. The van der Waals surface area contributed by atoms with Crippen LogP contribution in [0.2, 0.25) is 0 Å². The van der Waals surface area contributed by atoms with Crippen molar-refractivity contribution in [1.29, 1.82) is 0 Å². The summed E-state index contributed by atoms with van der Waals surface area (Å²) in [7, 11) is 0. The van der Waals surface area contributed by atoms with Gasteiger partial charge in [-0.3, -0.25) is 9.36 Å². The molecule has 2 aromatic rings. The second-order valence-electron chi connectivity index (χ2n) is 6.01. The highest BCUT2D eigenvalue weighted by Gasteiger charge is 2.25. The fourth-order valence-electron chi connectivity index (χ4n) is 3.27. The fourth-order valence-corrected chi connectivity index (χ4v) is 3.27. The summed E-state index contributed by atoms with van der Waals surface area (Å²) in [5.74, 6) is 0.325. The Morgan fingerprint density at radius 3 is 2.95 bits per heavy atom. The zero-order valence-corrected chi connectivity index (χ0v) is 12.5. The molecule has 1 aliphatic rings. The van der Waals surface area contributed by atoms with Crippen LogP contribution in [0.25, 0.3) is 11.0 Å². The zero-order chi connectivity index (χ0) is 15.5. The van der Waals surface area contributed by atoms with Gasteiger partial charge in [-0.05, 0) is 30.9 Å². The summed E-state index contributed by atoms with van der Waals surface area (Å²) in [6.45, 7) is 0.911. The van der Waals surface area contributed by atoms with E-state index in [1.165, 1.54) is 0 Å². The third-order valence-corrected chi connectivity index (χ3v) is 4.50. The van der Waals surface area contributed by atoms with E-state index in [-0.39, 0.29) is 17.6 Å². The van der Waals surface area contributed by atoms with E-state index in [1.807, 2.05) is 24.3 Å². The van der Waals surface area contributed by atoms with Gasteiger partial charge >= 0.3 is 5.69 Å². The summed E-state index contributed by atoms with van der Waals surface area (Å²) in [4.78, 5) is 26.7. The van der Waals surface area contributed by atoms with E-state index in [4.69, 9.17) is 5.73 Å². The van der Waals surface area contributed by atoms with Crippen LogP contribution in [-0.4, -0.2) is 28.0 Å². The Hall–Kier alpha value is -2.08. The van der Waals surface area contributed by atoms with Gasteiger partial charge in [0.1, 0.15) is 0 Å². The largest absolute Gasteiger partial charge is 0.354 e. The number of para-hydroxylation sites is 2. The van der Waals surface area contributed by atoms with Crippen LogP contribution in [0.15, 0.2) is 29.1 Å². The number of aromatic amines is 1. The quantitative estimate of drug-likeness (QED) is 0.768. The van der Waals surface area contributed by atoms with Gasteiger partial charge in [-0.2, -0.15) is 0 Å². The number of nitrogens with one attached hydrogen (secondary N) is 2. The number of hydrogen-bond acceptors (Lipinski definition) is 3. The first-order chi connectivity index (χ1) is 10.6. The van der Waals surface area contributed by atoms with Crippen molar-refractivity contribution >= 4 is 16.9 Å². The van der Waals surface area contributed by atoms with Gasteiger partial charge in [0.25, 0.3) is 0 Å². The number of carbonyl (C=O) groups is 1. The molecule has 6 nitrogen and oxygen atoms in total. The third-order valence-electron chi connectivity index (χ3n) is 4.50. The predicted molar refractivity (Wildman–Crippen MR) is 85.5 cm³/mol. The molecule has 4 N–H and O–H groups in total. The molecular formula is C16H22N4O2. The SMILES string of the molecule is N[C@@H]1CCC[C@H]1CC(=O)NCCn1c(=O)[nH]c2ccccc21. The van der Waals surface area contributed by atoms with Gasteiger partial charge in [0, 0.05) is 25.6 Å². The van der Waals surface area contributed by atoms with E-state index >= 15 is 0 Å². The number of nitrogens with zero attached hydrogens (tertiary/aromatic N) is 1. The maximum Gasteiger partial charge on any atom is 0.326 e. The molecule has 1 aromatic carbocycles. The molecule has 3 rings (SSSR count). The first-order valence-corrected chi connectivity index (χ1v) is 7.85. The summed E-state index contributed by atoms with van der Waals surface area (Å²) in [5.41, 5.74) is 7.52. The Morgan fingerprint density at radius 2 is 2.18 bits per heavy atom. The van der Waals surface area contributed by atoms with Crippen molar-refractivity contribution in [3.63, 3.8) is 0 Å². The van der Waals surface area contributed by atoms with E-state index in [1.54, 1.807) is 4.57 Å². The van der Waals surface area contributed by atoms with Crippen molar-refractivity contribution in [2.75, 3.05) is 6.54 Å². The molecule has 1 aliphatic carbocycles. The number of aromatic nitrogens is 2. The molecule has 1 aromatic heterocycles. The van der Waals surface area contributed by atoms with Crippen LogP contribution < -0.4 is 16.7 Å². The van der Waals surface area contributed by atoms with Gasteiger partial charge < -0.3 is 16.0 Å². The van der Waals surface area contributed by atoms with Gasteiger partial charge in [-0.1, -0.05) is 18.6 Å². The van der Waals surface area contributed by atoms with Crippen LogP contribution in [0.3, 0.4) is 0 Å². The van der Waals surface area contributed by atoms with E-state index in [0.717, 1.165) is 30.3 Å². The van der Waals surface area contributed by atoms with E-state index in [2.05, 4.69) is 10.3 Å². The molecule has 0 aliphatic heterocycles. The van der Waals surface area contributed by atoms with Crippen LogP contribution in [0.5, 0.6) is 0 Å². The maximum absolute atomic E-state index is 12.0. The number of imidazole rings is 1. The molecular weight excluding hydrogens is 280 g/mol. The van der Waals surface area contributed by atoms with Crippen molar-refractivity contribution < 1.29 is 4.79 Å². The molecule has 0 unspecified atom stereocenters. The number of nitrogens with two attached hydrogens (primary N) is 1. The molecule has 0 radical (unpaired) electrons. The Kier molecular flexibility index (Phi) is 4.29. The summed E-state index contributed by atoms with van der Waals surface area (Å²) in [6.07, 6.45) is 3.66. The van der Waals surface area contributed by atoms with Crippen LogP contribution in [-0.2, 0) is 11.3 Å². The highest BCUT2D eigenvalue weighted by atomic mass is 16.2.